The summed E-state index contributed by atoms with van der Waals surface area (Å²) in [6, 6.07) is 7.45. The Bertz CT molecular complexity index is 544. The van der Waals surface area contributed by atoms with Gasteiger partial charge in [-0.15, -0.1) is 0 Å². The first-order valence-electron chi connectivity index (χ1n) is 7.70. The van der Waals surface area contributed by atoms with E-state index in [1.165, 1.54) is 0 Å². The number of methoxy groups -OCH3 is 2. The molecule has 1 aromatic carbocycles. The topological polar surface area (TPSA) is 67.9 Å². The highest BCUT2D eigenvalue weighted by atomic mass is 16.5. The van der Waals surface area contributed by atoms with Crippen molar-refractivity contribution in [1.29, 1.82) is 0 Å². The minimum Gasteiger partial charge on any atom is -0.497 e. The van der Waals surface area contributed by atoms with Crippen LogP contribution in [0.4, 0.5) is 0 Å². The number of hydrogen-bond acceptors (Lipinski definition) is 4. The van der Waals surface area contributed by atoms with Crippen LogP contribution in [0.2, 0.25) is 0 Å². The summed E-state index contributed by atoms with van der Waals surface area (Å²) in [5.41, 5.74) is 0.933. The van der Waals surface area contributed by atoms with Gasteiger partial charge in [0.1, 0.15) is 5.75 Å². The molecule has 1 heterocycles. The second-order valence-corrected chi connectivity index (χ2v) is 5.76. The van der Waals surface area contributed by atoms with E-state index in [1.807, 2.05) is 24.3 Å². The smallest absolute Gasteiger partial charge is 0.227 e. The lowest BCUT2D eigenvalue weighted by Crippen LogP contribution is -2.35. The van der Waals surface area contributed by atoms with E-state index in [4.69, 9.17) is 9.47 Å². The highest BCUT2D eigenvalue weighted by Crippen LogP contribution is 2.25. The molecule has 0 aromatic heterocycles. The van der Waals surface area contributed by atoms with Gasteiger partial charge in [0.05, 0.1) is 26.1 Å². The Morgan fingerprint density at radius 2 is 1.91 bits per heavy atom. The monoisotopic (exact) mass is 320 g/mol. The van der Waals surface area contributed by atoms with E-state index in [-0.39, 0.29) is 23.7 Å². The Kier molecular flexibility index (Phi) is 5.98. The summed E-state index contributed by atoms with van der Waals surface area (Å²) < 4.78 is 10.3. The van der Waals surface area contributed by atoms with E-state index in [2.05, 4.69) is 5.32 Å². The van der Waals surface area contributed by atoms with Crippen molar-refractivity contribution in [3.63, 3.8) is 0 Å². The highest BCUT2D eigenvalue weighted by molar-refractivity contribution is 5.83. The molecule has 1 aromatic rings. The van der Waals surface area contributed by atoms with E-state index in [1.54, 1.807) is 26.2 Å². The average molecular weight is 320 g/mol. The van der Waals surface area contributed by atoms with Crippen LogP contribution in [0.25, 0.3) is 0 Å². The molecule has 1 saturated heterocycles. The molecule has 2 rings (SSSR count). The Morgan fingerprint density at radius 3 is 2.48 bits per heavy atom. The summed E-state index contributed by atoms with van der Waals surface area (Å²) in [6.45, 7) is 1.48. The van der Waals surface area contributed by atoms with Gasteiger partial charge in [-0.2, -0.15) is 0 Å². The number of carbonyl (C=O) groups is 2. The fourth-order valence-electron chi connectivity index (χ4n) is 2.97. The van der Waals surface area contributed by atoms with E-state index >= 15 is 0 Å². The minimum absolute atomic E-state index is 0.0303. The third-order valence-corrected chi connectivity index (χ3v) is 4.27. The Hall–Kier alpha value is -2.08. The number of amides is 2. The van der Waals surface area contributed by atoms with Gasteiger partial charge in [0, 0.05) is 33.2 Å². The maximum atomic E-state index is 12.5. The standard InChI is InChI=1S/C17H24N2O4/c1-18-17(21)15-10-19(9-13(15)11-22-2)16(20)8-12-4-6-14(23-3)7-5-12/h4-7,13,15H,8-11H2,1-3H3,(H,18,21)/t13-,15+/m0/s1. The zero-order valence-corrected chi connectivity index (χ0v) is 13.9. The SMILES string of the molecule is CNC(=O)[C@@H]1CN(C(=O)Cc2ccc(OC)cc2)C[C@H]1COC. The first-order chi connectivity index (χ1) is 11.1. The molecule has 0 bridgehead atoms. The van der Waals surface area contributed by atoms with E-state index < -0.39 is 0 Å². The number of nitrogens with zero attached hydrogens (tertiary/aromatic N) is 1. The predicted octanol–water partition coefficient (Wildman–Crippen LogP) is 0.705. The van der Waals surface area contributed by atoms with Crippen LogP contribution in [0.15, 0.2) is 24.3 Å². The molecule has 0 saturated carbocycles. The third-order valence-electron chi connectivity index (χ3n) is 4.27. The molecular weight excluding hydrogens is 296 g/mol. The third kappa shape index (κ3) is 4.22. The zero-order valence-electron chi connectivity index (χ0n) is 13.9. The van der Waals surface area contributed by atoms with Crippen molar-refractivity contribution in [2.45, 2.75) is 6.42 Å². The number of ether oxygens (including phenoxy) is 2. The van der Waals surface area contributed by atoms with Crippen LogP contribution in [0.3, 0.4) is 0 Å². The molecule has 6 nitrogen and oxygen atoms in total. The fraction of sp³-hybridized carbons (Fsp3) is 0.529. The molecule has 1 aliphatic heterocycles. The second-order valence-electron chi connectivity index (χ2n) is 5.76. The minimum atomic E-state index is -0.209. The molecule has 1 N–H and O–H groups in total. The molecule has 6 heteroatoms. The molecule has 1 fully saturated rings. The Labute approximate surface area is 136 Å². The molecule has 0 radical (unpaired) electrons. The fourth-order valence-corrected chi connectivity index (χ4v) is 2.97. The maximum absolute atomic E-state index is 12.5. The number of likely N-dealkylation sites (tertiary alicyclic amines) is 1. The largest absolute Gasteiger partial charge is 0.497 e. The van der Waals surface area contributed by atoms with Crippen LogP contribution in [0.1, 0.15) is 5.56 Å². The zero-order chi connectivity index (χ0) is 16.8. The Morgan fingerprint density at radius 1 is 1.22 bits per heavy atom. The van der Waals surface area contributed by atoms with Gasteiger partial charge < -0.3 is 19.7 Å². The van der Waals surface area contributed by atoms with Gasteiger partial charge in [-0.1, -0.05) is 12.1 Å². The van der Waals surface area contributed by atoms with Gasteiger partial charge in [0.15, 0.2) is 0 Å². The molecule has 0 spiro atoms. The summed E-state index contributed by atoms with van der Waals surface area (Å²) >= 11 is 0. The molecule has 2 amide bonds. The van der Waals surface area contributed by atoms with Crippen LogP contribution < -0.4 is 10.1 Å². The van der Waals surface area contributed by atoms with Gasteiger partial charge >= 0.3 is 0 Å². The quantitative estimate of drug-likeness (QED) is 0.838. The second kappa shape index (κ2) is 7.97. The van der Waals surface area contributed by atoms with Gasteiger partial charge in [-0.25, -0.2) is 0 Å². The number of nitrogens with one attached hydrogen (secondary N) is 1. The van der Waals surface area contributed by atoms with Gasteiger partial charge in [0.25, 0.3) is 0 Å². The van der Waals surface area contributed by atoms with Crippen LogP contribution in [-0.2, 0) is 20.7 Å². The van der Waals surface area contributed by atoms with Gasteiger partial charge in [0.2, 0.25) is 11.8 Å². The van der Waals surface area contributed by atoms with Crippen LogP contribution in [0, 0.1) is 11.8 Å². The molecule has 23 heavy (non-hydrogen) atoms. The van der Waals surface area contributed by atoms with Crippen molar-refractivity contribution in [2.75, 3.05) is 41.0 Å². The average Bonchev–Trinajstić information content (AvgIpc) is 2.99. The Balaban J connectivity index is 2.00. The van der Waals surface area contributed by atoms with Gasteiger partial charge in [-0.3, -0.25) is 9.59 Å². The highest BCUT2D eigenvalue weighted by Gasteiger charge is 2.38. The van der Waals surface area contributed by atoms with Crippen molar-refractivity contribution >= 4 is 11.8 Å². The van der Waals surface area contributed by atoms with Crippen LogP contribution in [0.5, 0.6) is 5.75 Å². The predicted molar refractivity (Wildman–Crippen MR) is 86.2 cm³/mol. The lowest BCUT2D eigenvalue weighted by atomic mass is 9.96. The summed E-state index contributed by atoms with van der Waals surface area (Å²) in [6.07, 6.45) is 0.324. The van der Waals surface area contributed by atoms with Crippen LogP contribution in [-0.4, -0.2) is 57.7 Å². The van der Waals surface area contributed by atoms with Crippen molar-refractivity contribution in [3.05, 3.63) is 29.8 Å². The lowest BCUT2D eigenvalue weighted by molar-refractivity contribution is -0.130. The molecule has 0 unspecified atom stereocenters. The summed E-state index contributed by atoms with van der Waals surface area (Å²) in [4.78, 5) is 26.2. The van der Waals surface area contributed by atoms with Gasteiger partial charge in [-0.05, 0) is 17.7 Å². The maximum Gasteiger partial charge on any atom is 0.227 e. The molecule has 126 valence electrons. The first-order valence-corrected chi connectivity index (χ1v) is 7.70. The van der Waals surface area contributed by atoms with E-state index in [9.17, 15) is 9.59 Å². The number of benzene rings is 1. The molecule has 0 aliphatic carbocycles. The molecule has 2 atom stereocenters. The van der Waals surface area contributed by atoms with E-state index in [0.29, 0.717) is 26.1 Å². The number of carbonyl (C=O) groups excluding carboxylic acids is 2. The van der Waals surface area contributed by atoms with Crippen molar-refractivity contribution in [2.24, 2.45) is 11.8 Å². The summed E-state index contributed by atoms with van der Waals surface area (Å²) in [5.74, 6) is 0.594. The number of hydrogen-bond donors (Lipinski definition) is 1. The van der Waals surface area contributed by atoms with E-state index in [0.717, 1.165) is 11.3 Å². The summed E-state index contributed by atoms with van der Waals surface area (Å²) in [5, 5.41) is 2.67. The molecule has 1 aliphatic rings. The van der Waals surface area contributed by atoms with Crippen LogP contribution >= 0.6 is 0 Å². The molecular formula is C17H24N2O4. The van der Waals surface area contributed by atoms with Crippen molar-refractivity contribution in [1.82, 2.24) is 10.2 Å². The van der Waals surface area contributed by atoms with Crippen molar-refractivity contribution in [3.8, 4) is 5.75 Å². The number of rotatable bonds is 6. The lowest BCUT2D eigenvalue weighted by Gasteiger charge is -2.16. The summed E-state index contributed by atoms with van der Waals surface area (Å²) in [7, 11) is 4.84. The normalized spacial score (nSPS) is 20.4. The first kappa shape index (κ1) is 17.3. The van der Waals surface area contributed by atoms with Crippen molar-refractivity contribution < 1.29 is 19.1 Å².